The minimum Gasteiger partial charge on any atom is -0.454 e. The number of carbonyl (C=O) groups is 2. The van der Waals surface area contributed by atoms with Crippen molar-refractivity contribution in [2.45, 2.75) is 11.8 Å². The zero-order valence-corrected chi connectivity index (χ0v) is 15.8. The van der Waals surface area contributed by atoms with Crippen LogP contribution in [-0.4, -0.2) is 38.0 Å². The molecule has 0 amide bonds. The Bertz CT molecular complexity index is 1050. The molecule has 0 saturated heterocycles. The molecule has 0 bridgehead atoms. The summed E-state index contributed by atoms with van der Waals surface area (Å²) in [5, 5.41) is 10.9. The van der Waals surface area contributed by atoms with Crippen molar-refractivity contribution in [2.75, 3.05) is 12.9 Å². The van der Waals surface area contributed by atoms with Crippen molar-refractivity contribution in [1.29, 1.82) is 0 Å². The number of ketones is 1. The number of nitrogens with zero attached hydrogens (tertiary/aromatic N) is 1. The van der Waals surface area contributed by atoms with Gasteiger partial charge in [-0.05, 0) is 25.1 Å². The zero-order chi connectivity index (χ0) is 20.4. The fourth-order valence-electron chi connectivity index (χ4n) is 2.16. The second kappa shape index (κ2) is 7.85. The van der Waals surface area contributed by atoms with E-state index in [0.29, 0.717) is 5.56 Å². The molecule has 2 aromatic rings. The zero-order valence-electron chi connectivity index (χ0n) is 14.3. The number of nitro benzene ring substituents is 1. The van der Waals surface area contributed by atoms with Crippen molar-refractivity contribution >= 4 is 38.9 Å². The van der Waals surface area contributed by atoms with Gasteiger partial charge in [-0.15, -0.1) is 0 Å². The van der Waals surface area contributed by atoms with Crippen LogP contribution in [0.2, 0.25) is 5.02 Å². The van der Waals surface area contributed by atoms with Gasteiger partial charge in [-0.2, -0.15) is 0 Å². The van der Waals surface area contributed by atoms with Crippen LogP contribution >= 0.6 is 11.6 Å². The van der Waals surface area contributed by atoms with Crippen LogP contribution in [0.1, 0.15) is 26.3 Å². The number of Topliss-reactive ketones (excluding diaryl/α,β-unsaturated/α-hetero) is 1. The molecule has 27 heavy (non-hydrogen) atoms. The number of sulfone groups is 1. The SMILES string of the molecule is Cc1ccc(C(=O)COC(=O)c2cc(S(C)(=O)=O)ccc2Cl)cc1[N+](=O)[O-]. The molecule has 0 heterocycles. The number of rotatable bonds is 6. The molecule has 0 fully saturated rings. The van der Waals surface area contributed by atoms with Crippen molar-refractivity contribution < 1.29 is 27.7 Å². The molecular weight excluding hydrogens is 398 g/mol. The van der Waals surface area contributed by atoms with Gasteiger partial charge in [0.25, 0.3) is 5.69 Å². The van der Waals surface area contributed by atoms with E-state index >= 15 is 0 Å². The molecule has 10 heteroatoms. The van der Waals surface area contributed by atoms with Crippen molar-refractivity contribution in [3.05, 3.63) is 68.2 Å². The molecule has 0 aliphatic rings. The molecule has 0 aliphatic heterocycles. The van der Waals surface area contributed by atoms with E-state index in [2.05, 4.69) is 0 Å². The van der Waals surface area contributed by atoms with Crippen LogP contribution < -0.4 is 0 Å². The van der Waals surface area contributed by atoms with Crippen LogP contribution in [0.15, 0.2) is 41.3 Å². The molecule has 142 valence electrons. The van der Waals surface area contributed by atoms with E-state index in [1.54, 1.807) is 0 Å². The molecule has 0 unspecified atom stereocenters. The van der Waals surface area contributed by atoms with Gasteiger partial charge in [0, 0.05) is 23.4 Å². The van der Waals surface area contributed by atoms with Crippen LogP contribution in [0.5, 0.6) is 0 Å². The van der Waals surface area contributed by atoms with Crippen molar-refractivity contribution in [2.24, 2.45) is 0 Å². The second-order valence-corrected chi connectivity index (χ2v) is 8.09. The van der Waals surface area contributed by atoms with E-state index in [0.717, 1.165) is 18.4 Å². The van der Waals surface area contributed by atoms with Crippen molar-refractivity contribution in [1.82, 2.24) is 0 Å². The third-order valence-electron chi connectivity index (χ3n) is 3.65. The highest BCUT2D eigenvalue weighted by Crippen LogP contribution is 2.22. The monoisotopic (exact) mass is 411 g/mol. The van der Waals surface area contributed by atoms with E-state index < -0.39 is 33.1 Å². The molecule has 2 rings (SSSR count). The average Bonchev–Trinajstić information content (AvgIpc) is 2.58. The Balaban J connectivity index is 2.18. The summed E-state index contributed by atoms with van der Waals surface area (Å²) >= 11 is 5.89. The molecule has 0 aromatic heterocycles. The number of aryl methyl sites for hydroxylation is 1. The standard InChI is InChI=1S/C17H14ClNO7S/c1-10-3-4-11(7-15(10)19(22)23)16(20)9-26-17(21)13-8-12(27(2,24)25)5-6-14(13)18/h3-8H,9H2,1-2H3. The van der Waals surface area contributed by atoms with Crippen molar-refractivity contribution in [3.63, 3.8) is 0 Å². The Kier molecular flexibility index (Phi) is 5.97. The minimum atomic E-state index is -3.56. The topological polar surface area (TPSA) is 121 Å². The highest BCUT2D eigenvalue weighted by molar-refractivity contribution is 7.90. The highest BCUT2D eigenvalue weighted by Gasteiger charge is 2.19. The molecular formula is C17H14ClNO7S. The number of hydrogen-bond acceptors (Lipinski definition) is 7. The fourth-order valence-corrected chi connectivity index (χ4v) is 3.01. The molecule has 0 radical (unpaired) electrons. The minimum absolute atomic E-state index is 0.0103. The smallest absolute Gasteiger partial charge is 0.340 e. The second-order valence-electron chi connectivity index (χ2n) is 5.67. The van der Waals surface area contributed by atoms with Crippen LogP contribution in [0, 0.1) is 17.0 Å². The van der Waals surface area contributed by atoms with Gasteiger partial charge in [0.05, 0.1) is 20.4 Å². The lowest BCUT2D eigenvalue weighted by molar-refractivity contribution is -0.385. The maximum Gasteiger partial charge on any atom is 0.340 e. The largest absolute Gasteiger partial charge is 0.454 e. The fraction of sp³-hybridized carbons (Fsp3) is 0.176. The predicted molar refractivity (Wildman–Crippen MR) is 97.0 cm³/mol. The number of esters is 1. The summed E-state index contributed by atoms with van der Waals surface area (Å²) < 4.78 is 28.0. The van der Waals surface area contributed by atoms with Crippen molar-refractivity contribution in [3.8, 4) is 0 Å². The van der Waals surface area contributed by atoms with E-state index in [1.807, 2.05) is 0 Å². The third kappa shape index (κ3) is 4.89. The lowest BCUT2D eigenvalue weighted by Crippen LogP contribution is -2.15. The number of nitro groups is 1. The molecule has 0 aliphatic carbocycles. The van der Waals surface area contributed by atoms with E-state index in [1.165, 1.54) is 31.2 Å². The van der Waals surface area contributed by atoms with E-state index in [9.17, 15) is 28.1 Å². The number of ether oxygens (including phenoxy) is 1. The number of hydrogen-bond donors (Lipinski definition) is 0. The van der Waals surface area contributed by atoms with Gasteiger partial charge < -0.3 is 4.74 Å². The van der Waals surface area contributed by atoms with Gasteiger partial charge in [0.1, 0.15) is 0 Å². The van der Waals surface area contributed by atoms with Gasteiger partial charge in [-0.3, -0.25) is 14.9 Å². The summed E-state index contributed by atoms with van der Waals surface area (Å²) in [7, 11) is -3.56. The molecule has 0 spiro atoms. The van der Waals surface area contributed by atoms with Crippen LogP contribution in [-0.2, 0) is 14.6 Å². The highest BCUT2D eigenvalue weighted by atomic mass is 35.5. The normalized spacial score (nSPS) is 11.1. The summed E-state index contributed by atoms with van der Waals surface area (Å²) in [6, 6.07) is 7.43. The Morgan fingerprint density at radius 1 is 1.19 bits per heavy atom. The molecule has 0 atom stereocenters. The first-order chi connectivity index (χ1) is 12.5. The van der Waals surface area contributed by atoms with Gasteiger partial charge in [0.2, 0.25) is 5.78 Å². The van der Waals surface area contributed by atoms with Crippen LogP contribution in [0.3, 0.4) is 0 Å². The first-order valence-electron chi connectivity index (χ1n) is 7.45. The Morgan fingerprint density at radius 2 is 1.85 bits per heavy atom. The van der Waals surface area contributed by atoms with Crippen LogP contribution in [0.25, 0.3) is 0 Å². The Labute approximate surface area is 159 Å². The maximum absolute atomic E-state index is 12.1. The third-order valence-corrected chi connectivity index (χ3v) is 5.09. The Hall–Kier alpha value is -2.78. The summed E-state index contributed by atoms with van der Waals surface area (Å²) in [4.78, 5) is 34.5. The number of benzene rings is 2. The molecule has 8 nitrogen and oxygen atoms in total. The van der Waals surface area contributed by atoms with Gasteiger partial charge in [-0.25, -0.2) is 13.2 Å². The maximum atomic E-state index is 12.1. The van der Waals surface area contributed by atoms with Gasteiger partial charge in [-0.1, -0.05) is 23.7 Å². The first kappa shape index (κ1) is 20.5. The molecule has 2 aromatic carbocycles. The average molecular weight is 412 g/mol. The molecule has 0 N–H and O–H groups in total. The summed E-state index contributed by atoms with van der Waals surface area (Å²) in [5.41, 5.74) is -0.0349. The first-order valence-corrected chi connectivity index (χ1v) is 9.72. The number of carbonyl (C=O) groups excluding carboxylic acids is 2. The van der Waals surface area contributed by atoms with Crippen LogP contribution in [0.4, 0.5) is 5.69 Å². The van der Waals surface area contributed by atoms with Gasteiger partial charge >= 0.3 is 5.97 Å². The summed E-state index contributed by atoms with van der Waals surface area (Å²) in [6.45, 7) is 0.849. The summed E-state index contributed by atoms with van der Waals surface area (Å²) in [5.74, 6) is -1.64. The van der Waals surface area contributed by atoms with Gasteiger partial charge in [0.15, 0.2) is 16.4 Å². The quantitative estimate of drug-likeness (QED) is 0.310. The lowest BCUT2D eigenvalue weighted by Gasteiger charge is -2.08. The van der Waals surface area contributed by atoms with E-state index in [-0.39, 0.29) is 26.7 Å². The predicted octanol–water partition coefficient (Wildman–Crippen LogP) is 3.00. The molecule has 0 saturated carbocycles. The number of halogens is 1. The van der Waals surface area contributed by atoms with E-state index in [4.69, 9.17) is 16.3 Å². The summed E-state index contributed by atoms with van der Waals surface area (Å²) in [6.07, 6.45) is 0.971. The Morgan fingerprint density at radius 3 is 2.44 bits per heavy atom. The lowest BCUT2D eigenvalue weighted by atomic mass is 10.1.